The highest BCUT2D eigenvalue weighted by molar-refractivity contribution is 7.92. The van der Waals surface area contributed by atoms with Crippen LogP contribution < -0.4 is 14.8 Å². The number of nitrogens with zero attached hydrogens (tertiary/aromatic N) is 1. The molecule has 0 bridgehead atoms. The number of halogens is 1. The van der Waals surface area contributed by atoms with Crippen molar-refractivity contribution in [3.05, 3.63) is 93.5 Å². The van der Waals surface area contributed by atoms with Gasteiger partial charge in [-0.05, 0) is 54.6 Å². The lowest BCUT2D eigenvalue weighted by molar-refractivity contribution is -0.385. The molecular weight excluding hydrogens is 470 g/mol. The zero-order valence-corrected chi connectivity index (χ0v) is 18.8. The number of nitro benzene ring substituents is 1. The summed E-state index contributed by atoms with van der Waals surface area (Å²) in [6, 6.07) is 16.2. The van der Waals surface area contributed by atoms with Gasteiger partial charge in [0.15, 0.2) is 0 Å². The van der Waals surface area contributed by atoms with Gasteiger partial charge in [0.25, 0.3) is 15.7 Å². The fourth-order valence-electron chi connectivity index (χ4n) is 2.84. The summed E-state index contributed by atoms with van der Waals surface area (Å²) in [6.07, 6.45) is 2.42. The van der Waals surface area contributed by atoms with Crippen molar-refractivity contribution >= 4 is 50.7 Å². The first kappa shape index (κ1) is 23.8. The largest absolute Gasteiger partial charge is 0.495 e. The molecule has 0 aromatic heterocycles. The number of rotatable bonds is 8. The van der Waals surface area contributed by atoms with Gasteiger partial charge in [0, 0.05) is 28.5 Å². The van der Waals surface area contributed by atoms with Crippen LogP contribution in [0.25, 0.3) is 6.08 Å². The van der Waals surface area contributed by atoms with Gasteiger partial charge in [-0.3, -0.25) is 19.6 Å². The smallest absolute Gasteiger partial charge is 0.276 e. The summed E-state index contributed by atoms with van der Waals surface area (Å²) in [7, 11) is -2.74. The molecule has 0 fully saturated rings. The predicted octanol–water partition coefficient (Wildman–Crippen LogP) is 4.71. The minimum atomic E-state index is -4.06. The summed E-state index contributed by atoms with van der Waals surface area (Å²) in [6.45, 7) is 0. The van der Waals surface area contributed by atoms with Crippen LogP contribution in [0.15, 0.2) is 77.7 Å². The van der Waals surface area contributed by atoms with E-state index in [1.54, 1.807) is 6.07 Å². The molecule has 0 spiro atoms. The van der Waals surface area contributed by atoms with Gasteiger partial charge in [-0.1, -0.05) is 23.7 Å². The Kier molecular flexibility index (Phi) is 7.31. The number of sulfonamides is 1. The highest BCUT2D eigenvalue weighted by Gasteiger charge is 2.21. The summed E-state index contributed by atoms with van der Waals surface area (Å²) >= 11 is 5.83. The van der Waals surface area contributed by atoms with Gasteiger partial charge in [0.1, 0.15) is 10.6 Å². The summed E-state index contributed by atoms with van der Waals surface area (Å²) in [5.41, 5.74) is 0.586. The number of carbonyl (C=O) groups excluding carboxylic acids is 1. The van der Waals surface area contributed by atoms with Crippen LogP contribution in [0, 0.1) is 10.1 Å². The Hall–Kier alpha value is -3.89. The third-order valence-electron chi connectivity index (χ3n) is 4.36. The van der Waals surface area contributed by atoms with Gasteiger partial charge in [0.05, 0.1) is 17.6 Å². The first-order valence-corrected chi connectivity index (χ1v) is 11.2. The summed E-state index contributed by atoms with van der Waals surface area (Å²) < 4.78 is 33.4. The summed E-state index contributed by atoms with van der Waals surface area (Å²) in [5, 5.41) is 14.1. The molecular formula is C22H18ClN3O6S. The lowest BCUT2D eigenvalue weighted by atomic mass is 10.1. The van der Waals surface area contributed by atoms with E-state index in [1.165, 1.54) is 73.8 Å². The van der Waals surface area contributed by atoms with Crippen molar-refractivity contribution in [3.8, 4) is 5.75 Å². The third kappa shape index (κ3) is 6.09. The van der Waals surface area contributed by atoms with Crippen LogP contribution in [0.1, 0.15) is 5.56 Å². The summed E-state index contributed by atoms with van der Waals surface area (Å²) in [5.74, 6) is -0.530. The van der Waals surface area contributed by atoms with Crippen LogP contribution in [0.5, 0.6) is 5.75 Å². The zero-order chi connectivity index (χ0) is 24.0. The van der Waals surface area contributed by atoms with E-state index < -0.39 is 20.9 Å². The lowest BCUT2D eigenvalue weighted by Gasteiger charge is -2.13. The predicted molar refractivity (Wildman–Crippen MR) is 126 cm³/mol. The number of hydrogen-bond acceptors (Lipinski definition) is 6. The molecule has 170 valence electrons. The van der Waals surface area contributed by atoms with Crippen LogP contribution in [0.4, 0.5) is 17.1 Å². The van der Waals surface area contributed by atoms with E-state index in [-0.39, 0.29) is 27.6 Å². The Morgan fingerprint density at radius 2 is 1.73 bits per heavy atom. The number of nitro groups is 1. The van der Waals surface area contributed by atoms with Gasteiger partial charge in [-0.25, -0.2) is 8.42 Å². The molecule has 3 aromatic rings. The Balaban J connectivity index is 1.82. The van der Waals surface area contributed by atoms with Crippen molar-refractivity contribution in [1.29, 1.82) is 0 Å². The van der Waals surface area contributed by atoms with E-state index in [1.807, 2.05) is 0 Å². The minimum Gasteiger partial charge on any atom is -0.495 e. The van der Waals surface area contributed by atoms with E-state index in [9.17, 15) is 23.3 Å². The van der Waals surface area contributed by atoms with Crippen molar-refractivity contribution in [2.24, 2.45) is 0 Å². The molecule has 1 amide bonds. The topological polar surface area (TPSA) is 128 Å². The first-order valence-electron chi connectivity index (χ1n) is 9.38. The minimum absolute atomic E-state index is 0.0740. The number of para-hydroxylation sites is 1. The maximum Gasteiger partial charge on any atom is 0.276 e. The van der Waals surface area contributed by atoms with Crippen molar-refractivity contribution in [1.82, 2.24) is 0 Å². The number of nitrogens with one attached hydrogen (secondary N) is 2. The van der Waals surface area contributed by atoms with E-state index in [4.69, 9.17) is 16.3 Å². The SMILES string of the molecule is COc1ccc(NC(=O)C=Cc2ccccc2[N+](=O)[O-])cc1S(=O)(=O)Nc1ccc(Cl)cc1. The fraction of sp³-hybridized carbons (Fsp3) is 0.0455. The summed E-state index contributed by atoms with van der Waals surface area (Å²) in [4.78, 5) is 22.7. The molecule has 0 atom stereocenters. The quantitative estimate of drug-likeness (QED) is 0.269. The van der Waals surface area contributed by atoms with Crippen LogP contribution >= 0.6 is 11.6 Å². The van der Waals surface area contributed by atoms with E-state index in [0.29, 0.717) is 10.7 Å². The molecule has 0 saturated carbocycles. The Morgan fingerprint density at radius 1 is 1.06 bits per heavy atom. The average molecular weight is 488 g/mol. The monoisotopic (exact) mass is 487 g/mol. The molecule has 0 aliphatic rings. The van der Waals surface area contributed by atoms with Crippen LogP contribution in [0.3, 0.4) is 0 Å². The molecule has 2 N–H and O–H groups in total. The molecule has 33 heavy (non-hydrogen) atoms. The normalized spacial score (nSPS) is 11.2. The number of methoxy groups -OCH3 is 1. The molecule has 0 saturated heterocycles. The van der Waals surface area contributed by atoms with Crippen molar-refractivity contribution in [2.45, 2.75) is 4.90 Å². The van der Waals surface area contributed by atoms with Crippen LogP contribution in [-0.2, 0) is 14.8 Å². The highest BCUT2D eigenvalue weighted by atomic mass is 35.5. The fourth-order valence-corrected chi connectivity index (χ4v) is 4.22. The molecule has 0 heterocycles. The lowest BCUT2D eigenvalue weighted by Crippen LogP contribution is -2.15. The number of ether oxygens (including phenoxy) is 1. The van der Waals surface area contributed by atoms with E-state index in [2.05, 4.69) is 10.0 Å². The second-order valence-corrected chi connectivity index (χ2v) is 8.70. The number of benzene rings is 3. The molecule has 3 rings (SSSR count). The Labute approximate surface area is 194 Å². The molecule has 3 aromatic carbocycles. The number of amides is 1. The van der Waals surface area contributed by atoms with Gasteiger partial charge in [0.2, 0.25) is 5.91 Å². The van der Waals surface area contributed by atoms with E-state index in [0.717, 1.165) is 6.08 Å². The molecule has 11 heteroatoms. The molecule has 0 unspecified atom stereocenters. The van der Waals surface area contributed by atoms with Crippen LogP contribution in [-0.4, -0.2) is 26.4 Å². The van der Waals surface area contributed by atoms with E-state index >= 15 is 0 Å². The number of carbonyl (C=O) groups is 1. The van der Waals surface area contributed by atoms with Gasteiger partial charge < -0.3 is 10.1 Å². The van der Waals surface area contributed by atoms with Crippen LogP contribution in [0.2, 0.25) is 5.02 Å². The van der Waals surface area contributed by atoms with Crippen molar-refractivity contribution in [3.63, 3.8) is 0 Å². The van der Waals surface area contributed by atoms with Gasteiger partial charge in [-0.2, -0.15) is 0 Å². The molecule has 0 aliphatic heterocycles. The van der Waals surface area contributed by atoms with Crippen molar-refractivity contribution in [2.75, 3.05) is 17.1 Å². The molecule has 0 aliphatic carbocycles. The Morgan fingerprint density at radius 3 is 2.39 bits per heavy atom. The van der Waals surface area contributed by atoms with Crippen molar-refractivity contribution < 1.29 is 22.9 Å². The third-order valence-corrected chi connectivity index (χ3v) is 6.02. The maximum atomic E-state index is 12.9. The molecule has 0 radical (unpaired) electrons. The second kappa shape index (κ2) is 10.2. The average Bonchev–Trinajstić information content (AvgIpc) is 2.79. The molecule has 9 nitrogen and oxygen atoms in total. The highest BCUT2D eigenvalue weighted by Crippen LogP contribution is 2.29. The number of hydrogen-bond donors (Lipinski definition) is 2. The first-order chi connectivity index (χ1) is 15.7. The Bertz CT molecular complexity index is 1320. The zero-order valence-electron chi connectivity index (χ0n) is 17.2. The second-order valence-electron chi connectivity index (χ2n) is 6.62. The maximum absolute atomic E-state index is 12.9. The van der Waals surface area contributed by atoms with Gasteiger partial charge >= 0.3 is 0 Å². The standard InChI is InChI=1S/C22H18ClN3O6S/c1-32-20-12-11-18(14-21(20)33(30,31)25-17-9-7-16(23)8-10-17)24-22(27)13-6-15-4-2-3-5-19(15)26(28)29/h2-14,25H,1H3,(H,24,27). The van der Waals surface area contributed by atoms with Gasteiger partial charge in [-0.15, -0.1) is 0 Å². The number of anilines is 2.